The van der Waals surface area contributed by atoms with Crippen molar-refractivity contribution in [3.05, 3.63) is 65.2 Å². The Bertz CT molecular complexity index is 1160. The second kappa shape index (κ2) is 14.6. The van der Waals surface area contributed by atoms with E-state index in [4.69, 9.17) is 18.9 Å². The zero-order valence-corrected chi connectivity index (χ0v) is 27.1. The smallest absolute Gasteiger partial charge is 0.338 e. The maximum Gasteiger partial charge on any atom is 0.338 e. The van der Waals surface area contributed by atoms with Crippen molar-refractivity contribution in [2.45, 2.75) is 104 Å². The molecule has 226 valence electrons. The molecule has 9 heteroatoms. The lowest BCUT2D eigenvalue weighted by atomic mass is 10.1. The first kappa shape index (κ1) is 34.0. The van der Waals surface area contributed by atoms with E-state index in [-0.39, 0.29) is 13.0 Å². The monoisotopic (exact) mass is 585 g/mol. The van der Waals surface area contributed by atoms with Crippen molar-refractivity contribution in [1.82, 2.24) is 5.32 Å². The normalized spacial score (nSPS) is 12.8. The van der Waals surface area contributed by atoms with Gasteiger partial charge in [-0.25, -0.2) is 4.79 Å². The minimum absolute atomic E-state index is 0.171. The van der Waals surface area contributed by atoms with E-state index in [1.807, 2.05) is 30.3 Å². The standard InChI is InChI=1S/C32H47NO7Si/c1-31(2,3)39-28(34)20-27(30(36)40-32(4,5)6)33-21-24-17-25(29(35)37-15-16-41(7,8)9)19-26(18-24)38-22-23-13-11-10-12-14-23/h10-14,17-19,27,33H,15-16,20-22H2,1-9H3/t27-/m0/s1. The quantitative estimate of drug-likeness (QED) is 0.166. The first-order valence-electron chi connectivity index (χ1n) is 14.1. The van der Waals surface area contributed by atoms with Gasteiger partial charge in [0.15, 0.2) is 0 Å². The molecule has 0 aromatic heterocycles. The van der Waals surface area contributed by atoms with Gasteiger partial charge in [-0.3, -0.25) is 14.9 Å². The molecule has 0 heterocycles. The highest BCUT2D eigenvalue weighted by Gasteiger charge is 2.29. The van der Waals surface area contributed by atoms with E-state index in [1.165, 1.54) is 0 Å². The third-order valence-corrected chi connectivity index (χ3v) is 7.27. The number of hydrogen-bond acceptors (Lipinski definition) is 8. The zero-order chi connectivity index (χ0) is 30.8. The maximum atomic E-state index is 13.0. The Morgan fingerprint density at radius 2 is 1.49 bits per heavy atom. The summed E-state index contributed by atoms with van der Waals surface area (Å²) in [6.45, 7) is 18.1. The van der Waals surface area contributed by atoms with E-state index in [9.17, 15) is 14.4 Å². The lowest BCUT2D eigenvalue weighted by Gasteiger charge is -2.26. The Labute approximate surface area is 246 Å². The predicted octanol–water partition coefficient (Wildman–Crippen LogP) is 6.29. The lowest BCUT2D eigenvalue weighted by Crippen LogP contribution is -2.43. The number of carbonyl (C=O) groups excluding carboxylic acids is 3. The number of esters is 3. The van der Waals surface area contributed by atoms with Gasteiger partial charge >= 0.3 is 17.9 Å². The molecule has 0 bridgehead atoms. The summed E-state index contributed by atoms with van der Waals surface area (Å²) < 4.78 is 22.6. The molecule has 0 aliphatic heterocycles. The van der Waals surface area contributed by atoms with Crippen molar-refractivity contribution in [3.8, 4) is 5.75 Å². The topological polar surface area (TPSA) is 100 Å². The fourth-order valence-electron chi connectivity index (χ4n) is 3.64. The highest BCUT2D eigenvalue weighted by atomic mass is 28.3. The SMILES string of the molecule is CC(C)(C)OC(=O)C[C@H](NCc1cc(OCc2ccccc2)cc(C(=O)OCC[Si](C)(C)C)c1)C(=O)OC(C)(C)C. The number of nitrogens with one attached hydrogen (secondary N) is 1. The molecule has 0 spiro atoms. The summed E-state index contributed by atoms with van der Waals surface area (Å²) in [6.07, 6.45) is -0.206. The average Bonchev–Trinajstić information content (AvgIpc) is 2.82. The Balaban J connectivity index is 2.27. The molecule has 2 aromatic rings. The van der Waals surface area contributed by atoms with Crippen LogP contribution < -0.4 is 10.1 Å². The first-order valence-corrected chi connectivity index (χ1v) is 17.8. The van der Waals surface area contributed by atoms with Gasteiger partial charge in [-0.15, -0.1) is 0 Å². The molecule has 0 saturated carbocycles. The molecule has 2 aromatic carbocycles. The summed E-state index contributed by atoms with van der Waals surface area (Å²) in [7, 11) is -1.37. The molecule has 0 fully saturated rings. The van der Waals surface area contributed by atoms with Gasteiger partial charge in [-0.2, -0.15) is 0 Å². The second-order valence-corrected chi connectivity index (χ2v) is 19.0. The Morgan fingerprint density at radius 3 is 2.07 bits per heavy atom. The second-order valence-electron chi connectivity index (χ2n) is 13.3. The summed E-state index contributed by atoms with van der Waals surface area (Å²) >= 11 is 0. The molecular formula is C32H47NO7Si. The van der Waals surface area contributed by atoms with Gasteiger partial charge in [0.2, 0.25) is 0 Å². The molecule has 0 radical (unpaired) electrons. The molecule has 41 heavy (non-hydrogen) atoms. The highest BCUT2D eigenvalue weighted by Crippen LogP contribution is 2.21. The molecule has 1 N–H and O–H groups in total. The van der Waals surface area contributed by atoms with Crippen molar-refractivity contribution < 1.29 is 33.3 Å². The number of rotatable bonds is 13. The Hall–Kier alpha value is -3.17. The lowest BCUT2D eigenvalue weighted by molar-refractivity contribution is -0.164. The van der Waals surface area contributed by atoms with Crippen LogP contribution in [0.1, 0.15) is 69.4 Å². The van der Waals surface area contributed by atoms with Gasteiger partial charge in [0.1, 0.15) is 29.6 Å². The highest BCUT2D eigenvalue weighted by molar-refractivity contribution is 6.76. The summed E-state index contributed by atoms with van der Waals surface area (Å²) in [5.41, 5.74) is 0.597. The van der Waals surface area contributed by atoms with Crippen LogP contribution in [0, 0.1) is 0 Å². The predicted molar refractivity (Wildman–Crippen MR) is 163 cm³/mol. The van der Waals surface area contributed by atoms with Crippen LogP contribution in [-0.4, -0.2) is 49.8 Å². The maximum absolute atomic E-state index is 13.0. The van der Waals surface area contributed by atoms with Gasteiger partial charge in [0.05, 0.1) is 18.6 Å². The van der Waals surface area contributed by atoms with Crippen LogP contribution in [0.15, 0.2) is 48.5 Å². The van der Waals surface area contributed by atoms with E-state index in [0.29, 0.717) is 30.1 Å². The van der Waals surface area contributed by atoms with Crippen LogP contribution in [0.2, 0.25) is 25.7 Å². The van der Waals surface area contributed by atoms with Crippen molar-refractivity contribution in [2.24, 2.45) is 0 Å². The van der Waals surface area contributed by atoms with Gasteiger partial charge in [-0.1, -0.05) is 50.0 Å². The minimum atomic E-state index is -1.37. The van der Waals surface area contributed by atoms with E-state index >= 15 is 0 Å². The van der Waals surface area contributed by atoms with Crippen LogP contribution in [0.5, 0.6) is 5.75 Å². The molecule has 0 saturated heterocycles. The number of benzene rings is 2. The summed E-state index contributed by atoms with van der Waals surface area (Å²) in [5, 5.41) is 3.13. The molecular weight excluding hydrogens is 538 g/mol. The summed E-state index contributed by atoms with van der Waals surface area (Å²) in [5.74, 6) is -1.03. The third-order valence-electron chi connectivity index (χ3n) is 5.57. The van der Waals surface area contributed by atoms with Gasteiger partial charge in [0.25, 0.3) is 0 Å². The van der Waals surface area contributed by atoms with Crippen LogP contribution >= 0.6 is 0 Å². The minimum Gasteiger partial charge on any atom is -0.489 e. The molecule has 0 unspecified atom stereocenters. The number of hydrogen-bond donors (Lipinski definition) is 1. The van der Waals surface area contributed by atoms with Gasteiger partial charge in [0, 0.05) is 14.6 Å². The molecule has 0 amide bonds. The Kier molecular flexibility index (Phi) is 12.1. The average molecular weight is 586 g/mol. The fourth-order valence-corrected chi connectivity index (χ4v) is 4.36. The van der Waals surface area contributed by atoms with Crippen molar-refractivity contribution >= 4 is 26.0 Å². The first-order chi connectivity index (χ1) is 18.9. The molecule has 0 aliphatic carbocycles. The van der Waals surface area contributed by atoms with Crippen LogP contribution in [0.4, 0.5) is 0 Å². The molecule has 0 aliphatic rings. The molecule has 1 atom stereocenters. The summed E-state index contributed by atoms with van der Waals surface area (Å²) in [6, 6.07) is 14.8. The molecule has 8 nitrogen and oxygen atoms in total. The van der Waals surface area contributed by atoms with Crippen molar-refractivity contribution in [1.29, 1.82) is 0 Å². The number of carbonyl (C=O) groups is 3. The van der Waals surface area contributed by atoms with E-state index < -0.39 is 43.2 Å². The number of ether oxygens (including phenoxy) is 4. The van der Waals surface area contributed by atoms with Crippen molar-refractivity contribution in [2.75, 3.05) is 6.61 Å². The van der Waals surface area contributed by atoms with E-state index in [0.717, 1.165) is 11.6 Å². The molecule has 2 rings (SSSR count). The van der Waals surface area contributed by atoms with Crippen LogP contribution in [0.3, 0.4) is 0 Å². The third kappa shape index (κ3) is 14.3. The van der Waals surface area contributed by atoms with E-state index in [2.05, 4.69) is 25.0 Å². The Morgan fingerprint density at radius 1 is 0.854 bits per heavy atom. The van der Waals surface area contributed by atoms with Gasteiger partial charge < -0.3 is 18.9 Å². The van der Waals surface area contributed by atoms with Crippen LogP contribution in [-0.2, 0) is 37.0 Å². The summed E-state index contributed by atoms with van der Waals surface area (Å²) in [4.78, 5) is 38.6. The fraction of sp³-hybridized carbons (Fsp3) is 0.531. The van der Waals surface area contributed by atoms with E-state index in [1.54, 1.807) is 59.7 Å². The zero-order valence-electron chi connectivity index (χ0n) is 26.1. The van der Waals surface area contributed by atoms with Crippen molar-refractivity contribution in [3.63, 3.8) is 0 Å². The largest absolute Gasteiger partial charge is 0.489 e. The van der Waals surface area contributed by atoms with Gasteiger partial charge in [-0.05, 0) is 76.9 Å². The van der Waals surface area contributed by atoms with Crippen LogP contribution in [0.25, 0.3) is 0 Å².